The second kappa shape index (κ2) is 1.77. The normalized spacial score (nSPS) is 31.6. The molecule has 2 aliphatic heterocycles. The topological polar surface area (TPSA) is 34.0 Å². The van der Waals surface area contributed by atoms with Crippen molar-refractivity contribution in [3.8, 4) is 0 Å². The smallest absolute Gasteiger partial charge is 0.0517 e. The molecule has 56 valence electrons. The third-order valence-electron chi connectivity index (χ3n) is 2.50. The fraction of sp³-hybridized carbons (Fsp3) is 0.333. The van der Waals surface area contributed by atoms with Gasteiger partial charge >= 0.3 is 0 Å². The Balaban J connectivity index is 2.14. The van der Waals surface area contributed by atoms with Crippen molar-refractivity contribution in [1.29, 1.82) is 0 Å². The molecule has 3 rings (SSSR count). The molecule has 1 fully saturated rings. The Morgan fingerprint density at radius 1 is 1.27 bits per heavy atom. The van der Waals surface area contributed by atoms with E-state index in [1.54, 1.807) is 0 Å². The SMILES string of the molecule is c1ccc2c(c1)NCC1NC21. The molecule has 0 radical (unpaired) electrons. The molecule has 0 aromatic heterocycles. The molecular formula is C9H10N2. The van der Waals surface area contributed by atoms with E-state index in [0.717, 1.165) is 6.54 Å². The highest BCUT2D eigenvalue weighted by Crippen LogP contribution is 2.38. The lowest BCUT2D eigenvalue weighted by atomic mass is 10.0. The van der Waals surface area contributed by atoms with Crippen LogP contribution in [0.5, 0.6) is 0 Å². The molecule has 2 atom stereocenters. The molecule has 2 heteroatoms. The summed E-state index contributed by atoms with van der Waals surface area (Å²) in [6, 6.07) is 9.86. The Hall–Kier alpha value is -1.02. The van der Waals surface area contributed by atoms with Crippen molar-refractivity contribution in [3.05, 3.63) is 29.8 Å². The maximum absolute atomic E-state index is 3.42. The van der Waals surface area contributed by atoms with Gasteiger partial charge in [-0.2, -0.15) is 0 Å². The maximum Gasteiger partial charge on any atom is 0.0517 e. The summed E-state index contributed by atoms with van der Waals surface area (Å²) in [6.07, 6.45) is 0. The predicted molar refractivity (Wildman–Crippen MR) is 44.6 cm³/mol. The average molecular weight is 146 g/mol. The molecule has 0 amide bonds. The Labute approximate surface area is 65.6 Å². The summed E-state index contributed by atoms with van der Waals surface area (Å²) >= 11 is 0. The zero-order chi connectivity index (χ0) is 7.26. The van der Waals surface area contributed by atoms with Gasteiger partial charge < -0.3 is 10.6 Å². The minimum atomic E-state index is 0.646. The first-order chi connectivity index (χ1) is 5.45. The van der Waals surface area contributed by atoms with Crippen LogP contribution in [0.25, 0.3) is 0 Å². The second-order valence-electron chi connectivity index (χ2n) is 3.22. The Morgan fingerprint density at radius 3 is 3.18 bits per heavy atom. The van der Waals surface area contributed by atoms with Gasteiger partial charge in [0.1, 0.15) is 0 Å². The molecule has 1 saturated heterocycles. The van der Waals surface area contributed by atoms with Crippen molar-refractivity contribution in [2.24, 2.45) is 0 Å². The number of hydrogen-bond donors (Lipinski definition) is 2. The van der Waals surface area contributed by atoms with Crippen LogP contribution in [0.3, 0.4) is 0 Å². The molecule has 0 spiro atoms. The third kappa shape index (κ3) is 0.701. The van der Waals surface area contributed by atoms with Crippen molar-refractivity contribution in [2.75, 3.05) is 11.9 Å². The monoisotopic (exact) mass is 146 g/mol. The number of benzene rings is 1. The van der Waals surface area contributed by atoms with Gasteiger partial charge in [0.25, 0.3) is 0 Å². The van der Waals surface area contributed by atoms with E-state index < -0.39 is 0 Å². The molecule has 2 aliphatic rings. The summed E-state index contributed by atoms with van der Waals surface area (Å²) in [5, 5.41) is 6.82. The molecule has 1 aromatic rings. The van der Waals surface area contributed by atoms with E-state index in [1.165, 1.54) is 11.3 Å². The number of nitrogens with one attached hydrogen (secondary N) is 2. The van der Waals surface area contributed by atoms with E-state index in [9.17, 15) is 0 Å². The third-order valence-corrected chi connectivity index (χ3v) is 2.50. The Bertz CT molecular complexity index is 295. The summed E-state index contributed by atoms with van der Waals surface area (Å²) in [4.78, 5) is 0. The highest BCUT2D eigenvalue weighted by atomic mass is 15.2. The largest absolute Gasteiger partial charge is 0.383 e. The minimum absolute atomic E-state index is 0.646. The van der Waals surface area contributed by atoms with Crippen molar-refractivity contribution < 1.29 is 0 Å². The quantitative estimate of drug-likeness (QED) is 0.538. The molecule has 0 saturated carbocycles. The number of rotatable bonds is 0. The van der Waals surface area contributed by atoms with E-state index in [1.807, 2.05) is 0 Å². The van der Waals surface area contributed by atoms with Crippen molar-refractivity contribution in [1.82, 2.24) is 5.32 Å². The molecular weight excluding hydrogens is 136 g/mol. The van der Waals surface area contributed by atoms with Crippen LogP contribution < -0.4 is 10.6 Å². The highest BCUT2D eigenvalue weighted by molar-refractivity contribution is 5.57. The van der Waals surface area contributed by atoms with Gasteiger partial charge in [-0.3, -0.25) is 0 Å². The predicted octanol–water partition coefficient (Wildman–Crippen LogP) is 1.12. The summed E-state index contributed by atoms with van der Waals surface area (Å²) in [7, 11) is 0. The first-order valence-electron chi connectivity index (χ1n) is 4.04. The van der Waals surface area contributed by atoms with Crippen LogP contribution in [0.15, 0.2) is 24.3 Å². The first-order valence-corrected chi connectivity index (χ1v) is 4.04. The molecule has 2 unspecified atom stereocenters. The van der Waals surface area contributed by atoms with Crippen molar-refractivity contribution >= 4 is 5.69 Å². The van der Waals surface area contributed by atoms with E-state index in [0.29, 0.717) is 12.1 Å². The van der Waals surface area contributed by atoms with Gasteiger partial charge in [0.05, 0.1) is 6.04 Å². The van der Waals surface area contributed by atoms with E-state index >= 15 is 0 Å². The fourth-order valence-corrected chi connectivity index (χ4v) is 1.81. The van der Waals surface area contributed by atoms with Gasteiger partial charge in [0, 0.05) is 18.3 Å². The Kier molecular flexibility index (Phi) is 0.902. The number of anilines is 1. The molecule has 0 aliphatic carbocycles. The van der Waals surface area contributed by atoms with Crippen LogP contribution in [-0.4, -0.2) is 12.6 Å². The van der Waals surface area contributed by atoms with Gasteiger partial charge in [-0.25, -0.2) is 0 Å². The van der Waals surface area contributed by atoms with Gasteiger partial charge in [0.15, 0.2) is 0 Å². The van der Waals surface area contributed by atoms with Crippen molar-refractivity contribution in [3.63, 3.8) is 0 Å². The van der Waals surface area contributed by atoms with Crippen LogP contribution >= 0.6 is 0 Å². The number of hydrogen-bond acceptors (Lipinski definition) is 2. The van der Waals surface area contributed by atoms with Crippen LogP contribution in [0.2, 0.25) is 0 Å². The summed E-state index contributed by atoms with van der Waals surface area (Å²) in [5.41, 5.74) is 2.74. The standard InChI is InChI=1S/C9H10N2/c1-2-4-7-6(3-1)9-8(11-9)5-10-7/h1-4,8-11H,5H2. The van der Waals surface area contributed by atoms with Gasteiger partial charge in [-0.15, -0.1) is 0 Å². The molecule has 1 aromatic carbocycles. The molecule has 11 heavy (non-hydrogen) atoms. The lowest BCUT2D eigenvalue weighted by Gasteiger charge is -2.14. The highest BCUT2D eigenvalue weighted by Gasteiger charge is 2.41. The number of para-hydroxylation sites is 1. The van der Waals surface area contributed by atoms with Gasteiger partial charge in [-0.05, 0) is 11.6 Å². The van der Waals surface area contributed by atoms with Crippen LogP contribution in [-0.2, 0) is 0 Å². The first kappa shape index (κ1) is 5.61. The molecule has 2 N–H and O–H groups in total. The fourth-order valence-electron chi connectivity index (χ4n) is 1.81. The van der Waals surface area contributed by atoms with Crippen LogP contribution in [0.4, 0.5) is 5.69 Å². The van der Waals surface area contributed by atoms with E-state index in [4.69, 9.17) is 0 Å². The van der Waals surface area contributed by atoms with Gasteiger partial charge in [0.2, 0.25) is 0 Å². The Morgan fingerprint density at radius 2 is 2.18 bits per heavy atom. The average Bonchev–Trinajstić information content (AvgIpc) is 2.83. The zero-order valence-electron chi connectivity index (χ0n) is 6.17. The number of fused-ring (bicyclic) bond motifs is 3. The van der Waals surface area contributed by atoms with E-state index in [2.05, 4.69) is 34.9 Å². The summed E-state index contributed by atoms with van der Waals surface area (Å²) < 4.78 is 0. The van der Waals surface area contributed by atoms with Gasteiger partial charge in [-0.1, -0.05) is 18.2 Å². The van der Waals surface area contributed by atoms with Crippen LogP contribution in [0.1, 0.15) is 11.6 Å². The summed E-state index contributed by atoms with van der Waals surface area (Å²) in [5.74, 6) is 0. The lowest BCUT2D eigenvalue weighted by Crippen LogP contribution is -2.15. The van der Waals surface area contributed by atoms with Crippen molar-refractivity contribution in [2.45, 2.75) is 12.1 Å². The van der Waals surface area contributed by atoms with E-state index in [-0.39, 0.29) is 0 Å². The molecule has 0 bridgehead atoms. The summed E-state index contributed by atoms with van der Waals surface area (Å²) in [6.45, 7) is 1.08. The molecule has 2 heterocycles. The lowest BCUT2D eigenvalue weighted by molar-refractivity contribution is 0.920. The maximum atomic E-state index is 3.42. The zero-order valence-corrected chi connectivity index (χ0v) is 6.17. The molecule has 2 nitrogen and oxygen atoms in total. The van der Waals surface area contributed by atoms with Crippen LogP contribution in [0, 0.1) is 0 Å². The minimum Gasteiger partial charge on any atom is -0.383 e. The second-order valence-corrected chi connectivity index (χ2v) is 3.22.